The van der Waals surface area contributed by atoms with Crippen LogP contribution < -0.4 is 15.1 Å². The number of aliphatic hydroxyl groups is 1. The Hall–Kier alpha value is -1.89. The van der Waals surface area contributed by atoms with Gasteiger partial charge in [-0.1, -0.05) is 0 Å². The molecule has 2 saturated heterocycles. The number of aliphatic hydroxyl groups excluding tert-OH is 1. The van der Waals surface area contributed by atoms with Gasteiger partial charge in [-0.2, -0.15) is 4.98 Å². The summed E-state index contributed by atoms with van der Waals surface area (Å²) in [5.41, 5.74) is 0. The SMILES string of the molecule is CC(=O)N[C@@H]1CCN(c2nccc(N3CCC(O)CC3)n2)C1. The molecule has 0 bridgehead atoms. The lowest BCUT2D eigenvalue weighted by molar-refractivity contribution is -0.119. The lowest BCUT2D eigenvalue weighted by Gasteiger charge is -2.31. The maximum Gasteiger partial charge on any atom is 0.227 e. The first-order valence-corrected chi connectivity index (χ1v) is 7.90. The molecular weight excluding hydrogens is 282 g/mol. The molecule has 22 heavy (non-hydrogen) atoms. The van der Waals surface area contributed by atoms with Crippen LogP contribution in [0.2, 0.25) is 0 Å². The van der Waals surface area contributed by atoms with Crippen molar-refractivity contribution in [1.29, 1.82) is 0 Å². The van der Waals surface area contributed by atoms with Crippen LogP contribution in [-0.4, -0.2) is 59.3 Å². The lowest BCUT2D eigenvalue weighted by atomic mass is 10.1. The minimum atomic E-state index is -0.186. The predicted octanol–water partition coefficient (Wildman–Crippen LogP) is 0.152. The molecule has 7 nitrogen and oxygen atoms in total. The number of anilines is 2. The van der Waals surface area contributed by atoms with Crippen LogP contribution in [0.15, 0.2) is 12.3 Å². The highest BCUT2D eigenvalue weighted by atomic mass is 16.3. The van der Waals surface area contributed by atoms with E-state index >= 15 is 0 Å². The number of rotatable bonds is 3. The van der Waals surface area contributed by atoms with Crippen molar-refractivity contribution < 1.29 is 9.90 Å². The maximum atomic E-state index is 11.1. The zero-order valence-electron chi connectivity index (χ0n) is 12.9. The maximum absolute atomic E-state index is 11.1. The van der Waals surface area contributed by atoms with Crippen LogP contribution in [0.25, 0.3) is 0 Å². The standard InChI is InChI=1S/C15H23N5O2/c1-11(21)17-12-3-7-20(10-12)15-16-6-2-14(18-15)19-8-4-13(22)5-9-19/h2,6,12-13,22H,3-5,7-10H2,1H3,(H,17,21)/t12-/m1/s1. The molecule has 1 atom stereocenters. The zero-order chi connectivity index (χ0) is 15.5. The Kier molecular flexibility index (Phi) is 4.42. The van der Waals surface area contributed by atoms with E-state index in [1.54, 1.807) is 13.1 Å². The fraction of sp³-hybridized carbons (Fsp3) is 0.667. The first-order chi connectivity index (χ1) is 10.6. The molecule has 0 spiro atoms. The average molecular weight is 305 g/mol. The van der Waals surface area contributed by atoms with Gasteiger partial charge in [0.15, 0.2) is 0 Å². The van der Waals surface area contributed by atoms with Crippen LogP contribution in [0.1, 0.15) is 26.2 Å². The van der Waals surface area contributed by atoms with E-state index in [9.17, 15) is 9.90 Å². The van der Waals surface area contributed by atoms with Gasteiger partial charge in [0.1, 0.15) is 5.82 Å². The Bertz CT molecular complexity index is 530. The second kappa shape index (κ2) is 6.48. The van der Waals surface area contributed by atoms with Gasteiger partial charge < -0.3 is 20.2 Å². The fourth-order valence-electron chi connectivity index (χ4n) is 3.11. The minimum Gasteiger partial charge on any atom is -0.393 e. The smallest absolute Gasteiger partial charge is 0.227 e. The zero-order valence-corrected chi connectivity index (χ0v) is 12.9. The Labute approximate surface area is 130 Å². The van der Waals surface area contributed by atoms with Crippen LogP contribution in [0.4, 0.5) is 11.8 Å². The summed E-state index contributed by atoms with van der Waals surface area (Å²) in [6.07, 6.45) is 4.09. The molecule has 3 heterocycles. The summed E-state index contributed by atoms with van der Waals surface area (Å²) in [5, 5.41) is 12.5. The number of nitrogens with one attached hydrogen (secondary N) is 1. The molecule has 3 rings (SSSR count). The number of aromatic nitrogens is 2. The minimum absolute atomic E-state index is 0.00777. The third kappa shape index (κ3) is 3.47. The Morgan fingerprint density at radius 1 is 1.27 bits per heavy atom. The molecule has 0 aromatic carbocycles. The van der Waals surface area contributed by atoms with E-state index in [1.807, 2.05) is 6.07 Å². The van der Waals surface area contributed by atoms with Crippen LogP contribution in [0, 0.1) is 0 Å². The summed E-state index contributed by atoms with van der Waals surface area (Å²) in [5.74, 6) is 1.64. The molecular formula is C15H23N5O2. The Morgan fingerprint density at radius 3 is 2.73 bits per heavy atom. The number of amides is 1. The van der Waals surface area contributed by atoms with Gasteiger partial charge in [-0.05, 0) is 25.3 Å². The average Bonchev–Trinajstić information content (AvgIpc) is 2.96. The highest BCUT2D eigenvalue weighted by molar-refractivity contribution is 5.73. The molecule has 120 valence electrons. The van der Waals surface area contributed by atoms with Gasteiger partial charge in [-0.3, -0.25) is 4.79 Å². The summed E-state index contributed by atoms with van der Waals surface area (Å²) < 4.78 is 0. The van der Waals surface area contributed by atoms with Crippen LogP contribution in [0.3, 0.4) is 0 Å². The first-order valence-electron chi connectivity index (χ1n) is 7.90. The summed E-state index contributed by atoms with van der Waals surface area (Å²) >= 11 is 0. The molecule has 0 unspecified atom stereocenters. The summed E-state index contributed by atoms with van der Waals surface area (Å²) in [6.45, 7) is 4.80. The molecule has 2 fully saturated rings. The van der Waals surface area contributed by atoms with Crippen LogP contribution in [0.5, 0.6) is 0 Å². The van der Waals surface area contributed by atoms with Gasteiger partial charge in [0.2, 0.25) is 11.9 Å². The third-order valence-corrected chi connectivity index (χ3v) is 4.30. The van der Waals surface area contributed by atoms with E-state index in [1.165, 1.54) is 0 Å². The number of carbonyl (C=O) groups is 1. The second-order valence-corrected chi connectivity index (χ2v) is 6.07. The largest absolute Gasteiger partial charge is 0.393 e. The van der Waals surface area contributed by atoms with E-state index in [4.69, 9.17) is 0 Å². The first kappa shape index (κ1) is 15.0. The van der Waals surface area contributed by atoms with Gasteiger partial charge in [0.05, 0.1) is 6.10 Å². The van der Waals surface area contributed by atoms with Crippen molar-refractivity contribution in [1.82, 2.24) is 15.3 Å². The van der Waals surface area contributed by atoms with Crippen molar-refractivity contribution in [3.8, 4) is 0 Å². The van der Waals surface area contributed by atoms with Crippen molar-refractivity contribution >= 4 is 17.7 Å². The molecule has 1 amide bonds. The number of hydrogen-bond donors (Lipinski definition) is 2. The molecule has 0 saturated carbocycles. The molecule has 2 aliphatic rings. The third-order valence-electron chi connectivity index (χ3n) is 4.30. The highest BCUT2D eigenvalue weighted by Crippen LogP contribution is 2.22. The van der Waals surface area contributed by atoms with Gasteiger partial charge in [0.25, 0.3) is 0 Å². The summed E-state index contributed by atoms with van der Waals surface area (Å²) in [7, 11) is 0. The lowest BCUT2D eigenvalue weighted by Crippen LogP contribution is -2.37. The van der Waals surface area contributed by atoms with E-state index in [0.29, 0.717) is 0 Å². The van der Waals surface area contributed by atoms with Crippen molar-refractivity contribution in [3.63, 3.8) is 0 Å². The van der Waals surface area contributed by atoms with Crippen molar-refractivity contribution in [3.05, 3.63) is 12.3 Å². The monoisotopic (exact) mass is 305 g/mol. The van der Waals surface area contributed by atoms with E-state index < -0.39 is 0 Å². The topological polar surface area (TPSA) is 81.6 Å². The van der Waals surface area contributed by atoms with E-state index in [-0.39, 0.29) is 18.1 Å². The van der Waals surface area contributed by atoms with Gasteiger partial charge in [0, 0.05) is 45.3 Å². The molecule has 1 aromatic heterocycles. The molecule has 7 heteroatoms. The second-order valence-electron chi connectivity index (χ2n) is 6.07. The number of hydrogen-bond acceptors (Lipinski definition) is 6. The highest BCUT2D eigenvalue weighted by Gasteiger charge is 2.25. The number of nitrogens with zero attached hydrogens (tertiary/aromatic N) is 4. The molecule has 0 aliphatic carbocycles. The van der Waals surface area contributed by atoms with Gasteiger partial charge in [-0.15, -0.1) is 0 Å². The van der Waals surface area contributed by atoms with Gasteiger partial charge in [-0.25, -0.2) is 4.98 Å². The molecule has 2 N–H and O–H groups in total. The van der Waals surface area contributed by atoms with Crippen molar-refractivity contribution in [2.24, 2.45) is 0 Å². The van der Waals surface area contributed by atoms with Crippen molar-refractivity contribution in [2.45, 2.75) is 38.3 Å². The summed E-state index contributed by atoms with van der Waals surface area (Å²) in [4.78, 5) is 24.5. The van der Waals surface area contributed by atoms with E-state index in [0.717, 1.165) is 57.2 Å². The van der Waals surface area contributed by atoms with Crippen molar-refractivity contribution in [2.75, 3.05) is 36.0 Å². The predicted molar refractivity (Wildman–Crippen MR) is 83.9 cm³/mol. The van der Waals surface area contributed by atoms with E-state index in [2.05, 4.69) is 25.1 Å². The number of piperidine rings is 1. The Morgan fingerprint density at radius 2 is 2.00 bits per heavy atom. The molecule has 2 aliphatic heterocycles. The molecule has 0 radical (unpaired) electrons. The normalized spacial score (nSPS) is 22.9. The van der Waals surface area contributed by atoms with Crippen LogP contribution in [-0.2, 0) is 4.79 Å². The fourth-order valence-corrected chi connectivity index (χ4v) is 3.11. The van der Waals surface area contributed by atoms with Crippen LogP contribution >= 0.6 is 0 Å². The summed E-state index contributed by atoms with van der Waals surface area (Å²) in [6, 6.07) is 2.10. The Balaban J connectivity index is 1.65. The molecule has 1 aromatic rings. The number of carbonyl (C=O) groups excluding carboxylic acids is 1. The van der Waals surface area contributed by atoms with Gasteiger partial charge >= 0.3 is 0 Å². The quantitative estimate of drug-likeness (QED) is 0.827.